The molecule has 0 aliphatic rings. The second-order valence-corrected chi connectivity index (χ2v) is 5.86. The Morgan fingerprint density at radius 1 is 1.21 bits per heavy atom. The lowest BCUT2D eigenvalue weighted by Crippen LogP contribution is -2.23. The fourth-order valence-electron chi connectivity index (χ4n) is 2.92. The van der Waals surface area contributed by atoms with Crippen molar-refractivity contribution in [2.45, 2.75) is 38.5 Å². The molecule has 0 radical (unpaired) electrons. The van der Waals surface area contributed by atoms with Crippen LogP contribution in [0.15, 0.2) is 55.3 Å². The maximum atomic E-state index is 11.0. The van der Waals surface area contributed by atoms with E-state index in [0.717, 1.165) is 19.3 Å². The lowest BCUT2D eigenvalue weighted by atomic mass is 9.73. The number of rotatable bonds is 8. The molecule has 24 heavy (non-hydrogen) atoms. The van der Waals surface area contributed by atoms with Gasteiger partial charge < -0.3 is 10.5 Å². The Hall–Kier alpha value is -2.62. The molecule has 0 saturated carbocycles. The molecular weight excluding hydrogens is 300 g/mol. The minimum Gasteiger partial charge on any atom is -0.439 e. The van der Waals surface area contributed by atoms with Gasteiger partial charge in [-0.2, -0.15) is 0 Å². The molecule has 4 nitrogen and oxygen atoms in total. The van der Waals surface area contributed by atoms with Crippen molar-refractivity contribution >= 4 is 5.91 Å². The van der Waals surface area contributed by atoms with Crippen LogP contribution in [0.4, 0.5) is 0 Å². The van der Waals surface area contributed by atoms with Crippen molar-refractivity contribution in [2.75, 3.05) is 0 Å². The summed E-state index contributed by atoms with van der Waals surface area (Å²) in [5.41, 5.74) is 6.97. The minimum atomic E-state index is -0.504. The van der Waals surface area contributed by atoms with Crippen LogP contribution in [0.2, 0.25) is 0 Å². The van der Waals surface area contributed by atoms with Crippen LogP contribution in [-0.4, -0.2) is 10.9 Å². The average Bonchev–Trinajstić information content (AvgIpc) is 2.61. The predicted molar refractivity (Wildman–Crippen MR) is 96.3 cm³/mol. The molecule has 2 rings (SSSR count). The first-order chi connectivity index (χ1) is 11.5. The van der Waals surface area contributed by atoms with Crippen LogP contribution < -0.4 is 10.5 Å². The maximum absolute atomic E-state index is 11.0. The van der Waals surface area contributed by atoms with Gasteiger partial charge in [-0.25, -0.2) is 4.98 Å². The SMILES string of the molecule is C=CCC(CC)(CC)c1ccc(Oc2ccc(C(N)=O)cn2)cc1. The van der Waals surface area contributed by atoms with Crippen LogP contribution in [0.1, 0.15) is 49.0 Å². The average molecular weight is 324 g/mol. The number of benzene rings is 1. The van der Waals surface area contributed by atoms with Crippen LogP contribution in [0, 0.1) is 0 Å². The van der Waals surface area contributed by atoms with Crippen molar-refractivity contribution in [1.29, 1.82) is 0 Å². The van der Waals surface area contributed by atoms with Crippen molar-refractivity contribution in [3.8, 4) is 11.6 Å². The molecule has 4 heteroatoms. The van der Waals surface area contributed by atoms with Crippen LogP contribution in [0.3, 0.4) is 0 Å². The number of carbonyl (C=O) groups excluding carboxylic acids is 1. The summed E-state index contributed by atoms with van der Waals surface area (Å²) in [6.45, 7) is 8.31. The molecule has 1 aromatic carbocycles. The van der Waals surface area contributed by atoms with E-state index < -0.39 is 5.91 Å². The number of nitrogens with two attached hydrogens (primary N) is 1. The number of hydrogen-bond donors (Lipinski definition) is 1. The standard InChI is InChI=1S/C20H24N2O2/c1-4-13-20(5-2,6-3)16-8-10-17(11-9-16)24-18-12-7-15(14-22-18)19(21)23/h4,7-12,14H,1,5-6,13H2,2-3H3,(H2,21,23). The Morgan fingerprint density at radius 2 is 1.88 bits per heavy atom. The molecule has 126 valence electrons. The zero-order valence-electron chi connectivity index (χ0n) is 14.3. The number of primary amides is 1. The molecule has 1 aromatic heterocycles. The summed E-state index contributed by atoms with van der Waals surface area (Å²) in [5, 5.41) is 0. The number of allylic oxidation sites excluding steroid dienone is 1. The highest BCUT2D eigenvalue weighted by Gasteiger charge is 2.26. The van der Waals surface area contributed by atoms with Crippen molar-refractivity contribution in [1.82, 2.24) is 4.98 Å². The smallest absolute Gasteiger partial charge is 0.250 e. The molecule has 1 heterocycles. The van der Waals surface area contributed by atoms with Gasteiger partial charge in [-0.3, -0.25) is 4.79 Å². The Labute approximate surface area is 143 Å². The van der Waals surface area contributed by atoms with E-state index in [2.05, 4.69) is 37.5 Å². The molecular formula is C20H24N2O2. The van der Waals surface area contributed by atoms with Gasteiger partial charge in [0.25, 0.3) is 0 Å². The maximum Gasteiger partial charge on any atom is 0.250 e. The minimum absolute atomic E-state index is 0.127. The first-order valence-corrected chi connectivity index (χ1v) is 8.19. The van der Waals surface area contributed by atoms with E-state index in [9.17, 15) is 4.79 Å². The molecule has 0 saturated heterocycles. The summed E-state index contributed by atoms with van der Waals surface area (Å²) in [6, 6.07) is 11.3. The Balaban J connectivity index is 2.16. The summed E-state index contributed by atoms with van der Waals surface area (Å²) in [4.78, 5) is 15.1. The molecule has 0 aliphatic heterocycles. The Kier molecular flexibility index (Phi) is 5.74. The van der Waals surface area contributed by atoms with Crippen molar-refractivity contribution < 1.29 is 9.53 Å². The highest BCUT2D eigenvalue weighted by molar-refractivity contribution is 5.92. The van der Waals surface area contributed by atoms with E-state index in [-0.39, 0.29) is 5.41 Å². The number of ether oxygens (including phenoxy) is 1. The molecule has 2 aromatic rings. The van der Waals surface area contributed by atoms with Gasteiger partial charge in [-0.1, -0.05) is 32.1 Å². The van der Waals surface area contributed by atoms with E-state index in [1.807, 2.05) is 18.2 Å². The van der Waals surface area contributed by atoms with Gasteiger partial charge >= 0.3 is 0 Å². The second-order valence-electron chi connectivity index (χ2n) is 5.86. The fourth-order valence-corrected chi connectivity index (χ4v) is 2.92. The van der Waals surface area contributed by atoms with Gasteiger partial charge in [-0.15, -0.1) is 6.58 Å². The van der Waals surface area contributed by atoms with Gasteiger partial charge in [0.2, 0.25) is 11.8 Å². The summed E-state index contributed by atoms with van der Waals surface area (Å²) >= 11 is 0. The molecule has 0 spiro atoms. The Morgan fingerprint density at radius 3 is 2.33 bits per heavy atom. The monoisotopic (exact) mass is 324 g/mol. The van der Waals surface area contributed by atoms with Gasteiger partial charge in [0.05, 0.1) is 5.56 Å². The lowest BCUT2D eigenvalue weighted by Gasteiger charge is -2.31. The highest BCUT2D eigenvalue weighted by Crippen LogP contribution is 2.36. The van der Waals surface area contributed by atoms with Crippen molar-refractivity contribution in [3.63, 3.8) is 0 Å². The van der Waals surface area contributed by atoms with Crippen LogP contribution in [0.5, 0.6) is 11.6 Å². The number of hydrogen-bond acceptors (Lipinski definition) is 3. The number of nitrogens with zero attached hydrogens (tertiary/aromatic N) is 1. The third-order valence-electron chi connectivity index (χ3n) is 4.60. The van der Waals surface area contributed by atoms with E-state index in [4.69, 9.17) is 10.5 Å². The summed E-state index contributed by atoms with van der Waals surface area (Å²) in [6.07, 6.45) is 6.48. The zero-order valence-corrected chi connectivity index (χ0v) is 14.3. The van der Waals surface area contributed by atoms with Gasteiger partial charge in [0.1, 0.15) is 5.75 Å². The largest absolute Gasteiger partial charge is 0.439 e. The van der Waals surface area contributed by atoms with Gasteiger partial charge in [-0.05, 0) is 48.4 Å². The van der Waals surface area contributed by atoms with Crippen molar-refractivity contribution in [3.05, 3.63) is 66.4 Å². The van der Waals surface area contributed by atoms with Crippen LogP contribution >= 0.6 is 0 Å². The summed E-state index contributed by atoms with van der Waals surface area (Å²) in [5.74, 6) is 0.630. The summed E-state index contributed by atoms with van der Waals surface area (Å²) in [7, 11) is 0. The van der Waals surface area contributed by atoms with Crippen LogP contribution in [-0.2, 0) is 5.41 Å². The molecule has 0 fully saturated rings. The number of pyridine rings is 1. The predicted octanol–water partition coefficient (Wildman–Crippen LogP) is 4.61. The third-order valence-corrected chi connectivity index (χ3v) is 4.60. The van der Waals surface area contributed by atoms with Gasteiger partial charge in [0.15, 0.2) is 0 Å². The molecule has 2 N–H and O–H groups in total. The first kappa shape index (κ1) is 17.7. The third kappa shape index (κ3) is 3.82. The first-order valence-electron chi connectivity index (χ1n) is 8.19. The zero-order chi connectivity index (χ0) is 17.6. The number of amides is 1. The lowest BCUT2D eigenvalue weighted by molar-refractivity contribution is 0.1000. The molecule has 0 unspecified atom stereocenters. The van der Waals surface area contributed by atoms with E-state index >= 15 is 0 Å². The number of carbonyl (C=O) groups is 1. The molecule has 0 bridgehead atoms. The normalized spacial score (nSPS) is 11.1. The molecule has 0 aliphatic carbocycles. The van der Waals surface area contributed by atoms with Gasteiger partial charge in [0, 0.05) is 12.3 Å². The number of aromatic nitrogens is 1. The van der Waals surface area contributed by atoms with E-state index in [1.54, 1.807) is 12.1 Å². The summed E-state index contributed by atoms with van der Waals surface area (Å²) < 4.78 is 5.72. The van der Waals surface area contributed by atoms with Crippen molar-refractivity contribution in [2.24, 2.45) is 5.73 Å². The quantitative estimate of drug-likeness (QED) is 0.721. The molecule has 1 amide bonds. The highest BCUT2D eigenvalue weighted by atomic mass is 16.5. The van der Waals surface area contributed by atoms with E-state index in [0.29, 0.717) is 17.2 Å². The fraction of sp³-hybridized carbons (Fsp3) is 0.300. The second kappa shape index (κ2) is 7.77. The topological polar surface area (TPSA) is 65.2 Å². The van der Waals surface area contributed by atoms with Crippen LogP contribution in [0.25, 0.3) is 0 Å². The molecule has 0 atom stereocenters. The Bertz CT molecular complexity index is 687. The van der Waals surface area contributed by atoms with E-state index in [1.165, 1.54) is 11.8 Å².